The van der Waals surface area contributed by atoms with Crippen molar-refractivity contribution in [2.24, 2.45) is 11.8 Å². The average molecular weight is 333 g/mol. The Hall–Kier alpha value is -0.633. The van der Waals surface area contributed by atoms with Crippen molar-refractivity contribution < 1.29 is 4.39 Å². The van der Waals surface area contributed by atoms with E-state index in [1.165, 1.54) is 69.0 Å². The van der Waals surface area contributed by atoms with Crippen LogP contribution in [0, 0.1) is 17.7 Å². The van der Waals surface area contributed by atoms with Crippen LogP contribution in [-0.4, -0.2) is 8.80 Å². The highest BCUT2D eigenvalue weighted by Gasteiger charge is 2.25. The van der Waals surface area contributed by atoms with E-state index in [9.17, 15) is 4.39 Å². The van der Waals surface area contributed by atoms with Gasteiger partial charge >= 0.3 is 0 Å². The first-order chi connectivity index (χ1) is 11.2. The molecule has 0 N–H and O–H groups in total. The minimum Gasteiger partial charge on any atom is -0.207 e. The highest BCUT2D eigenvalue weighted by atomic mass is 28.3. The molecule has 1 aliphatic heterocycles. The van der Waals surface area contributed by atoms with E-state index in [4.69, 9.17) is 0 Å². The monoisotopic (exact) mass is 332 g/mol. The first kappa shape index (κ1) is 17.2. The van der Waals surface area contributed by atoms with E-state index in [-0.39, 0.29) is 5.82 Å². The smallest absolute Gasteiger partial charge is 0.123 e. The molecule has 23 heavy (non-hydrogen) atoms. The Balaban J connectivity index is 1.37. The summed E-state index contributed by atoms with van der Waals surface area (Å²) >= 11 is 0. The van der Waals surface area contributed by atoms with Gasteiger partial charge in [0.2, 0.25) is 0 Å². The second kappa shape index (κ2) is 8.46. The second-order valence-corrected chi connectivity index (χ2v) is 11.6. The predicted molar refractivity (Wildman–Crippen MR) is 100 cm³/mol. The summed E-state index contributed by atoms with van der Waals surface area (Å²) in [6.45, 7) is 2.36. The van der Waals surface area contributed by atoms with Gasteiger partial charge < -0.3 is 0 Å². The molecule has 0 amide bonds. The molecule has 1 aromatic rings. The molecular formula is C21H33FSi. The lowest BCUT2D eigenvalue weighted by Crippen LogP contribution is -2.22. The quantitative estimate of drug-likeness (QED) is 0.537. The minimum absolute atomic E-state index is 0.102. The summed E-state index contributed by atoms with van der Waals surface area (Å²) in [7, 11) is -0.466. The molecule has 1 aliphatic carbocycles. The third-order valence-electron chi connectivity index (χ3n) is 6.72. The fraction of sp³-hybridized carbons (Fsp3) is 0.714. The van der Waals surface area contributed by atoms with Gasteiger partial charge in [-0.2, -0.15) is 0 Å². The van der Waals surface area contributed by atoms with E-state index in [2.05, 4.69) is 6.92 Å². The topological polar surface area (TPSA) is 0 Å². The van der Waals surface area contributed by atoms with Gasteiger partial charge in [-0.25, -0.2) is 4.39 Å². The van der Waals surface area contributed by atoms with Crippen molar-refractivity contribution in [3.05, 3.63) is 35.6 Å². The van der Waals surface area contributed by atoms with Crippen molar-refractivity contribution in [3.63, 3.8) is 0 Å². The minimum atomic E-state index is -0.466. The standard InChI is InChI=1S/C21H33FSi/c1-2-17-3-5-18(6-4-17)11-14-23-15-12-20(13-16-23)19-7-9-21(22)10-8-19/h7-10,17-18,20,23H,2-6,11-16H2,1H3. The van der Waals surface area contributed by atoms with Crippen LogP contribution in [0.1, 0.15) is 69.8 Å². The van der Waals surface area contributed by atoms with Crippen LogP contribution in [0.2, 0.25) is 18.1 Å². The van der Waals surface area contributed by atoms with Crippen LogP contribution in [0.4, 0.5) is 4.39 Å². The van der Waals surface area contributed by atoms with Gasteiger partial charge in [-0.1, -0.05) is 75.7 Å². The summed E-state index contributed by atoms with van der Waals surface area (Å²) in [6, 6.07) is 11.9. The van der Waals surface area contributed by atoms with Crippen LogP contribution in [0.25, 0.3) is 0 Å². The summed E-state index contributed by atoms with van der Waals surface area (Å²) in [5.74, 6) is 2.70. The normalized spacial score (nSPS) is 31.9. The third kappa shape index (κ3) is 4.92. The third-order valence-corrected chi connectivity index (χ3v) is 10.2. The zero-order valence-electron chi connectivity index (χ0n) is 14.8. The second-order valence-electron chi connectivity index (χ2n) is 8.14. The first-order valence-electron chi connectivity index (χ1n) is 10.00. The van der Waals surface area contributed by atoms with E-state index in [0.717, 1.165) is 11.8 Å². The van der Waals surface area contributed by atoms with E-state index in [0.29, 0.717) is 5.92 Å². The zero-order valence-corrected chi connectivity index (χ0v) is 15.9. The molecule has 1 saturated carbocycles. The van der Waals surface area contributed by atoms with Crippen LogP contribution >= 0.6 is 0 Å². The Bertz CT molecular complexity index is 453. The van der Waals surface area contributed by atoms with Crippen molar-refractivity contribution in [3.8, 4) is 0 Å². The highest BCUT2D eigenvalue weighted by Crippen LogP contribution is 2.37. The molecule has 1 saturated heterocycles. The SMILES string of the molecule is CCC1CCC(CC[SiH]2CCC(c3ccc(F)cc3)CC2)CC1. The van der Waals surface area contributed by atoms with Crippen molar-refractivity contribution >= 4 is 8.80 Å². The van der Waals surface area contributed by atoms with Crippen LogP contribution in [0.3, 0.4) is 0 Å². The molecule has 0 nitrogen and oxygen atoms in total. The van der Waals surface area contributed by atoms with Crippen molar-refractivity contribution in [2.75, 3.05) is 0 Å². The summed E-state index contributed by atoms with van der Waals surface area (Å²) in [6.07, 6.45) is 11.7. The van der Waals surface area contributed by atoms with Crippen LogP contribution in [0.5, 0.6) is 0 Å². The molecule has 0 unspecified atom stereocenters. The maximum absolute atomic E-state index is 13.0. The molecular weight excluding hydrogens is 299 g/mol. The number of hydrogen-bond donors (Lipinski definition) is 0. The van der Waals surface area contributed by atoms with Gasteiger partial charge in [0, 0.05) is 8.80 Å². The molecule has 2 aliphatic rings. The molecule has 2 heteroatoms. The van der Waals surface area contributed by atoms with Crippen LogP contribution in [0.15, 0.2) is 24.3 Å². The molecule has 1 heterocycles. The van der Waals surface area contributed by atoms with Crippen molar-refractivity contribution in [1.82, 2.24) is 0 Å². The summed E-state index contributed by atoms with van der Waals surface area (Å²) in [5, 5.41) is 0. The maximum atomic E-state index is 13.0. The first-order valence-corrected chi connectivity index (χ1v) is 12.4. The van der Waals surface area contributed by atoms with Gasteiger partial charge in [0.25, 0.3) is 0 Å². The van der Waals surface area contributed by atoms with E-state index < -0.39 is 8.80 Å². The zero-order chi connectivity index (χ0) is 16.1. The van der Waals surface area contributed by atoms with Gasteiger partial charge in [0.1, 0.15) is 5.82 Å². The van der Waals surface area contributed by atoms with E-state index in [1.807, 2.05) is 12.1 Å². The van der Waals surface area contributed by atoms with Crippen molar-refractivity contribution in [2.45, 2.75) is 82.3 Å². The van der Waals surface area contributed by atoms with Crippen LogP contribution < -0.4 is 0 Å². The molecule has 2 fully saturated rings. The van der Waals surface area contributed by atoms with Gasteiger partial charge in [-0.3, -0.25) is 0 Å². The number of halogens is 1. The van der Waals surface area contributed by atoms with Gasteiger partial charge in [0.15, 0.2) is 0 Å². The Morgan fingerprint density at radius 3 is 2.13 bits per heavy atom. The lowest BCUT2D eigenvalue weighted by Gasteiger charge is -2.31. The Kier molecular flexibility index (Phi) is 6.33. The summed E-state index contributed by atoms with van der Waals surface area (Å²) < 4.78 is 13.0. The van der Waals surface area contributed by atoms with Gasteiger partial charge in [-0.05, 0) is 48.3 Å². The molecule has 0 spiro atoms. The Labute approximate surface area is 143 Å². The number of benzene rings is 1. The molecule has 0 bridgehead atoms. The molecule has 0 atom stereocenters. The fourth-order valence-electron chi connectivity index (χ4n) is 4.92. The maximum Gasteiger partial charge on any atom is 0.123 e. The molecule has 3 rings (SSSR count). The lowest BCUT2D eigenvalue weighted by atomic mass is 9.80. The Morgan fingerprint density at radius 2 is 1.52 bits per heavy atom. The largest absolute Gasteiger partial charge is 0.207 e. The lowest BCUT2D eigenvalue weighted by molar-refractivity contribution is 0.264. The van der Waals surface area contributed by atoms with Gasteiger partial charge in [0.05, 0.1) is 0 Å². The van der Waals surface area contributed by atoms with E-state index in [1.54, 1.807) is 18.2 Å². The molecule has 0 aromatic heterocycles. The molecule has 1 aromatic carbocycles. The summed E-state index contributed by atoms with van der Waals surface area (Å²) in [4.78, 5) is 0. The molecule has 128 valence electrons. The van der Waals surface area contributed by atoms with E-state index >= 15 is 0 Å². The Morgan fingerprint density at radius 1 is 0.913 bits per heavy atom. The number of rotatable bonds is 5. The summed E-state index contributed by atoms with van der Waals surface area (Å²) in [5.41, 5.74) is 1.37. The highest BCUT2D eigenvalue weighted by molar-refractivity contribution is 6.59. The molecule has 0 radical (unpaired) electrons. The predicted octanol–water partition coefficient (Wildman–Crippen LogP) is 6.54. The fourth-order valence-corrected chi connectivity index (χ4v) is 8.48. The average Bonchev–Trinajstić information content (AvgIpc) is 2.61. The van der Waals surface area contributed by atoms with Crippen molar-refractivity contribution in [1.29, 1.82) is 0 Å². The van der Waals surface area contributed by atoms with Gasteiger partial charge in [-0.15, -0.1) is 0 Å². The number of hydrogen-bond acceptors (Lipinski definition) is 0. The van der Waals surface area contributed by atoms with Crippen LogP contribution in [-0.2, 0) is 0 Å².